The Morgan fingerprint density at radius 3 is 3.00 bits per heavy atom. The van der Waals surface area contributed by atoms with Crippen LogP contribution in [-0.4, -0.2) is 33.4 Å². The molecule has 0 radical (unpaired) electrons. The minimum Gasteiger partial charge on any atom is -0.343 e. The fraction of sp³-hybridized carbons (Fsp3) is 0.833. The molecule has 3 nitrogen and oxygen atoms in total. The predicted molar refractivity (Wildman–Crippen MR) is 77.2 cm³/mol. The number of thioether (sulfide) groups is 1. The Hall–Kier alpha value is -0.290. The Balaban J connectivity index is 2.07. The standard InChI is InChI=1S/C12H21N3S2/c1-9(2)8-11-13-12(17-14-11)15-5-7-16-6-4-10(15)3/h9-10H,4-8H2,1-3H3. The van der Waals surface area contributed by atoms with Crippen molar-refractivity contribution in [3.05, 3.63) is 5.82 Å². The lowest BCUT2D eigenvalue weighted by Crippen LogP contribution is -2.33. The van der Waals surface area contributed by atoms with Crippen LogP contribution in [0.5, 0.6) is 0 Å². The zero-order valence-electron chi connectivity index (χ0n) is 10.8. The van der Waals surface area contributed by atoms with Gasteiger partial charge in [-0.2, -0.15) is 16.1 Å². The molecule has 0 amide bonds. The molecule has 0 saturated carbocycles. The molecule has 0 N–H and O–H groups in total. The number of rotatable bonds is 3. The van der Waals surface area contributed by atoms with Gasteiger partial charge in [0.1, 0.15) is 5.82 Å². The van der Waals surface area contributed by atoms with Crippen LogP contribution in [0.4, 0.5) is 5.13 Å². The topological polar surface area (TPSA) is 29.0 Å². The predicted octanol–water partition coefficient (Wildman–Crippen LogP) is 3.07. The van der Waals surface area contributed by atoms with Gasteiger partial charge in [-0.1, -0.05) is 13.8 Å². The van der Waals surface area contributed by atoms with Crippen molar-refractivity contribution in [2.24, 2.45) is 5.92 Å². The molecule has 1 aliphatic rings. The van der Waals surface area contributed by atoms with E-state index in [4.69, 9.17) is 4.98 Å². The molecule has 1 saturated heterocycles. The third-order valence-electron chi connectivity index (χ3n) is 2.98. The third-order valence-corrected chi connectivity index (χ3v) is 4.77. The summed E-state index contributed by atoms with van der Waals surface area (Å²) < 4.78 is 4.48. The molecule has 1 fully saturated rings. The van der Waals surface area contributed by atoms with E-state index >= 15 is 0 Å². The van der Waals surface area contributed by atoms with Crippen molar-refractivity contribution in [2.45, 2.75) is 39.7 Å². The van der Waals surface area contributed by atoms with E-state index in [9.17, 15) is 0 Å². The molecule has 0 bridgehead atoms. The molecular weight excluding hydrogens is 250 g/mol. The maximum atomic E-state index is 4.69. The summed E-state index contributed by atoms with van der Waals surface area (Å²) in [5.41, 5.74) is 0. The zero-order valence-corrected chi connectivity index (χ0v) is 12.5. The highest BCUT2D eigenvalue weighted by molar-refractivity contribution is 7.99. The van der Waals surface area contributed by atoms with Crippen molar-refractivity contribution >= 4 is 28.4 Å². The zero-order chi connectivity index (χ0) is 12.3. The SMILES string of the molecule is CC(C)Cc1nsc(N2CCSCCC2C)n1. The van der Waals surface area contributed by atoms with Gasteiger partial charge >= 0.3 is 0 Å². The van der Waals surface area contributed by atoms with E-state index in [1.807, 2.05) is 0 Å². The lowest BCUT2D eigenvalue weighted by atomic mass is 10.1. The first-order valence-electron chi connectivity index (χ1n) is 6.34. The maximum Gasteiger partial charge on any atom is 0.205 e. The van der Waals surface area contributed by atoms with Crippen molar-refractivity contribution in [3.8, 4) is 0 Å². The van der Waals surface area contributed by atoms with Gasteiger partial charge in [0.25, 0.3) is 0 Å². The number of anilines is 1. The van der Waals surface area contributed by atoms with Gasteiger partial charge in [-0.15, -0.1) is 0 Å². The normalized spacial score (nSPS) is 21.9. The molecule has 0 aliphatic carbocycles. The lowest BCUT2D eigenvalue weighted by Gasteiger charge is -2.25. The van der Waals surface area contributed by atoms with Gasteiger partial charge in [0.05, 0.1) is 0 Å². The Kier molecular flexibility index (Phi) is 4.68. The van der Waals surface area contributed by atoms with Crippen molar-refractivity contribution in [1.29, 1.82) is 0 Å². The molecular formula is C12H21N3S2. The summed E-state index contributed by atoms with van der Waals surface area (Å²) >= 11 is 3.62. The molecule has 1 atom stereocenters. The highest BCUT2D eigenvalue weighted by Crippen LogP contribution is 2.25. The van der Waals surface area contributed by atoms with E-state index in [-0.39, 0.29) is 0 Å². The minimum atomic E-state index is 0.602. The van der Waals surface area contributed by atoms with E-state index < -0.39 is 0 Å². The van der Waals surface area contributed by atoms with Crippen molar-refractivity contribution < 1.29 is 0 Å². The molecule has 1 aromatic heterocycles. The Morgan fingerprint density at radius 2 is 2.24 bits per heavy atom. The average Bonchev–Trinajstić information content (AvgIpc) is 2.59. The van der Waals surface area contributed by atoms with E-state index in [0.717, 1.165) is 23.9 Å². The number of hydrogen-bond donors (Lipinski definition) is 0. The van der Waals surface area contributed by atoms with Crippen LogP contribution in [0.1, 0.15) is 33.0 Å². The summed E-state index contributed by atoms with van der Waals surface area (Å²) in [6.07, 6.45) is 2.25. The highest BCUT2D eigenvalue weighted by Gasteiger charge is 2.20. The smallest absolute Gasteiger partial charge is 0.205 e. The van der Waals surface area contributed by atoms with Gasteiger partial charge in [0.2, 0.25) is 5.13 Å². The Morgan fingerprint density at radius 1 is 1.41 bits per heavy atom. The lowest BCUT2D eigenvalue weighted by molar-refractivity contribution is 0.619. The first-order valence-corrected chi connectivity index (χ1v) is 8.26. The molecule has 1 aromatic rings. The van der Waals surface area contributed by atoms with Crippen LogP contribution in [0.3, 0.4) is 0 Å². The first-order chi connectivity index (χ1) is 8.16. The first kappa shape index (κ1) is 13.1. The largest absolute Gasteiger partial charge is 0.343 e. The second-order valence-corrected chi connectivity index (χ2v) is 6.99. The fourth-order valence-corrected chi connectivity index (χ4v) is 3.85. The van der Waals surface area contributed by atoms with E-state index in [2.05, 4.69) is 41.8 Å². The van der Waals surface area contributed by atoms with Crippen molar-refractivity contribution in [1.82, 2.24) is 9.36 Å². The Labute approximate surface area is 112 Å². The summed E-state index contributed by atoms with van der Waals surface area (Å²) in [7, 11) is 0. The second-order valence-electron chi connectivity index (χ2n) is 5.03. The molecule has 1 aliphatic heterocycles. The minimum absolute atomic E-state index is 0.602. The molecule has 17 heavy (non-hydrogen) atoms. The van der Waals surface area contributed by atoms with Gasteiger partial charge in [0.15, 0.2) is 0 Å². The number of aromatic nitrogens is 2. The Bertz CT molecular complexity index is 351. The monoisotopic (exact) mass is 271 g/mol. The van der Waals surface area contributed by atoms with E-state index in [1.165, 1.54) is 17.9 Å². The average molecular weight is 271 g/mol. The van der Waals surface area contributed by atoms with Gasteiger partial charge in [-0.05, 0) is 25.0 Å². The van der Waals surface area contributed by atoms with Crippen LogP contribution in [-0.2, 0) is 6.42 Å². The molecule has 96 valence electrons. The fourth-order valence-electron chi connectivity index (χ4n) is 1.99. The molecule has 2 rings (SSSR count). The van der Waals surface area contributed by atoms with E-state index in [0.29, 0.717) is 12.0 Å². The summed E-state index contributed by atoms with van der Waals surface area (Å²) in [4.78, 5) is 7.12. The van der Waals surface area contributed by atoms with Crippen LogP contribution in [0.2, 0.25) is 0 Å². The summed E-state index contributed by atoms with van der Waals surface area (Å²) in [6, 6.07) is 0.602. The number of hydrogen-bond acceptors (Lipinski definition) is 5. The molecule has 5 heteroatoms. The third kappa shape index (κ3) is 3.58. The quantitative estimate of drug-likeness (QED) is 0.845. The van der Waals surface area contributed by atoms with Crippen molar-refractivity contribution in [2.75, 3.05) is 23.0 Å². The van der Waals surface area contributed by atoms with Gasteiger partial charge in [-0.3, -0.25) is 0 Å². The van der Waals surface area contributed by atoms with Crippen molar-refractivity contribution in [3.63, 3.8) is 0 Å². The van der Waals surface area contributed by atoms with Gasteiger partial charge in [-0.25, -0.2) is 4.98 Å². The molecule has 0 aromatic carbocycles. The van der Waals surface area contributed by atoms with Crippen LogP contribution in [0.15, 0.2) is 0 Å². The molecule has 0 spiro atoms. The van der Waals surface area contributed by atoms with Gasteiger partial charge < -0.3 is 4.90 Å². The molecule has 2 heterocycles. The molecule has 1 unspecified atom stereocenters. The van der Waals surface area contributed by atoms with Crippen LogP contribution in [0.25, 0.3) is 0 Å². The van der Waals surface area contributed by atoms with Crippen LogP contribution < -0.4 is 4.90 Å². The summed E-state index contributed by atoms with van der Waals surface area (Å²) in [5.74, 6) is 4.14. The van der Waals surface area contributed by atoms with E-state index in [1.54, 1.807) is 11.5 Å². The maximum absolute atomic E-state index is 4.69. The number of nitrogens with zero attached hydrogens (tertiary/aromatic N) is 3. The summed E-state index contributed by atoms with van der Waals surface area (Å²) in [5, 5.41) is 1.12. The summed E-state index contributed by atoms with van der Waals surface area (Å²) in [6.45, 7) is 7.84. The van der Waals surface area contributed by atoms with Crippen LogP contribution >= 0.6 is 23.3 Å². The van der Waals surface area contributed by atoms with Gasteiger partial charge in [0, 0.05) is 36.3 Å². The second kappa shape index (κ2) is 6.05. The highest BCUT2D eigenvalue weighted by atomic mass is 32.2. The van der Waals surface area contributed by atoms with Crippen LogP contribution in [0, 0.1) is 5.92 Å².